The predicted molar refractivity (Wildman–Crippen MR) is 107 cm³/mol. The number of anilines is 1. The first kappa shape index (κ1) is 19.1. The van der Waals surface area contributed by atoms with Gasteiger partial charge >= 0.3 is 5.97 Å². The molecule has 0 aliphatic rings. The van der Waals surface area contributed by atoms with Crippen molar-refractivity contribution in [3.8, 4) is 17.2 Å². The molecule has 0 saturated heterocycles. The van der Waals surface area contributed by atoms with Crippen LogP contribution >= 0.6 is 0 Å². The molecule has 2 N–H and O–H groups in total. The van der Waals surface area contributed by atoms with E-state index in [1.807, 2.05) is 6.07 Å². The third kappa shape index (κ3) is 3.97. The number of oxazole rings is 1. The van der Waals surface area contributed by atoms with Gasteiger partial charge in [-0.3, -0.25) is 4.79 Å². The molecule has 0 atom stereocenters. The van der Waals surface area contributed by atoms with Crippen LogP contribution in [-0.4, -0.2) is 28.6 Å². The molecule has 30 heavy (non-hydrogen) atoms. The lowest BCUT2D eigenvalue weighted by atomic mass is 10.1. The van der Waals surface area contributed by atoms with E-state index in [2.05, 4.69) is 10.3 Å². The Balaban J connectivity index is 1.71. The second kappa shape index (κ2) is 8.04. The van der Waals surface area contributed by atoms with Crippen molar-refractivity contribution < 1.29 is 28.2 Å². The monoisotopic (exact) mass is 406 g/mol. The van der Waals surface area contributed by atoms with Crippen molar-refractivity contribution in [1.29, 1.82) is 0 Å². The number of halogens is 1. The smallest absolute Gasteiger partial charge is 0.341 e. The van der Waals surface area contributed by atoms with Crippen molar-refractivity contribution in [2.24, 2.45) is 0 Å². The summed E-state index contributed by atoms with van der Waals surface area (Å²) in [6.07, 6.45) is 0. The molecule has 4 rings (SSSR count). The van der Waals surface area contributed by atoms with E-state index in [4.69, 9.17) is 14.3 Å². The number of nitrogens with one attached hydrogen (secondary N) is 1. The number of rotatable bonds is 6. The molecule has 7 nitrogen and oxygen atoms in total. The number of para-hydroxylation sites is 2. The first-order valence-electron chi connectivity index (χ1n) is 8.92. The van der Waals surface area contributed by atoms with Crippen LogP contribution in [0.1, 0.15) is 10.4 Å². The molecule has 0 spiro atoms. The number of fused-ring (bicyclic) bond motifs is 1. The number of hydrogen-bond donors (Lipinski definition) is 2. The first-order valence-corrected chi connectivity index (χ1v) is 8.92. The molecule has 3 aromatic carbocycles. The molecule has 0 fully saturated rings. The average molecular weight is 406 g/mol. The Morgan fingerprint density at radius 1 is 1.07 bits per heavy atom. The Morgan fingerprint density at radius 3 is 2.60 bits per heavy atom. The zero-order chi connectivity index (χ0) is 21.1. The average Bonchev–Trinajstić information content (AvgIpc) is 3.17. The van der Waals surface area contributed by atoms with Crippen LogP contribution in [0.2, 0.25) is 0 Å². The minimum absolute atomic E-state index is 0.105. The van der Waals surface area contributed by atoms with Crippen LogP contribution in [0.3, 0.4) is 0 Å². The molecule has 8 heteroatoms. The van der Waals surface area contributed by atoms with Gasteiger partial charge in [0.1, 0.15) is 17.1 Å². The standard InChI is InChI=1S/C22H15FN2O5/c23-16-6-2-1-5-14(16)21(28)24-13-9-10-18(29-12-20(26)27)15(11-13)22-25-17-7-3-4-8-19(17)30-22/h1-11H,12H2,(H,24,28)(H,26,27). The highest BCUT2D eigenvalue weighted by molar-refractivity contribution is 6.04. The largest absolute Gasteiger partial charge is 0.481 e. The van der Waals surface area contributed by atoms with Crippen LogP contribution in [0.25, 0.3) is 22.6 Å². The van der Waals surface area contributed by atoms with E-state index >= 15 is 0 Å². The number of carboxylic acids is 1. The summed E-state index contributed by atoms with van der Waals surface area (Å²) in [7, 11) is 0. The Kier molecular flexibility index (Phi) is 5.13. The molecule has 0 aliphatic carbocycles. The fourth-order valence-corrected chi connectivity index (χ4v) is 2.87. The van der Waals surface area contributed by atoms with E-state index in [-0.39, 0.29) is 17.2 Å². The lowest BCUT2D eigenvalue weighted by Gasteiger charge is -2.11. The van der Waals surface area contributed by atoms with Gasteiger partial charge in [0, 0.05) is 5.69 Å². The van der Waals surface area contributed by atoms with Crippen molar-refractivity contribution in [3.63, 3.8) is 0 Å². The molecule has 1 heterocycles. The van der Waals surface area contributed by atoms with Gasteiger partial charge in [-0.25, -0.2) is 14.2 Å². The van der Waals surface area contributed by atoms with Crippen molar-refractivity contribution in [2.75, 3.05) is 11.9 Å². The summed E-state index contributed by atoms with van der Waals surface area (Å²) >= 11 is 0. The number of carboxylic acid groups (broad SMARTS) is 1. The maximum Gasteiger partial charge on any atom is 0.341 e. The highest BCUT2D eigenvalue weighted by atomic mass is 19.1. The highest BCUT2D eigenvalue weighted by Gasteiger charge is 2.17. The number of nitrogens with zero attached hydrogens (tertiary/aromatic N) is 1. The second-order valence-electron chi connectivity index (χ2n) is 6.31. The van der Waals surface area contributed by atoms with Crippen LogP contribution in [0.15, 0.2) is 71.1 Å². The van der Waals surface area contributed by atoms with Crippen LogP contribution in [0.5, 0.6) is 5.75 Å². The van der Waals surface area contributed by atoms with Crippen molar-refractivity contribution in [2.45, 2.75) is 0 Å². The number of benzene rings is 3. The number of carbonyl (C=O) groups is 2. The third-order valence-electron chi connectivity index (χ3n) is 4.23. The van der Waals surface area contributed by atoms with Gasteiger partial charge in [0.2, 0.25) is 5.89 Å². The SMILES string of the molecule is O=C(O)COc1ccc(NC(=O)c2ccccc2F)cc1-c1nc2ccccc2o1. The second-order valence-corrected chi connectivity index (χ2v) is 6.31. The maximum atomic E-state index is 13.9. The third-order valence-corrected chi connectivity index (χ3v) is 4.23. The molecule has 0 bridgehead atoms. The van der Waals surface area contributed by atoms with E-state index in [1.54, 1.807) is 24.3 Å². The predicted octanol–water partition coefficient (Wildman–Crippen LogP) is 4.35. The normalized spacial score (nSPS) is 10.7. The molecular weight excluding hydrogens is 391 g/mol. The molecule has 1 aromatic heterocycles. The van der Waals surface area contributed by atoms with Gasteiger partial charge in [0.15, 0.2) is 12.2 Å². The van der Waals surface area contributed by atoms with Gasteiger partial charge in [-0.05, 0) is 42.5 Å². The van der Waals surface area contributed by atoms with Crippen LogP contribution in [0.4, 0.5) is 10.1 Å². The fraction of sp³-hybridized carbons (Fsp3) is 0.0455. The number of aromatic nitrogens is 1. The Hall–Kier alpha value is -4.20. The number of amides is 1. The van der Waals surface area contributed by atoms with Crippen molar-refractivity contribution in [1.82, 2.24) is 4.98 Å². The van der Waals surface area contributed by atoms with Gasteiger partial charge in [0.05, 0.1) is 11.1 Å². The molecule has 0 radical (unpaired) electrons. The molecule has 0 aliphatic heterocycles. The summed E-state index contributed by atoms with van der Waals surface area (Å²) < 4.78 is 25.0. The van der Waals surface area contributed by atoms with Crippen molar-refractivity contribution >= 4 is 28.7 Å². The Morgan fingerprint density at radius 2 is 1.83 bits per heavy atom. The van der Waals surface area contributed by atoms with Crippen LogP contribution < -0.4 is 10.1 Å². The number of ether oxygens (including phenoxy) is 1. The zero-order valence-corrected chi connectivity index (χ0v) is 15.5. The van der Waals surface area contributed by atoms with Gasteiger partial charge in [0.25, 0.3) is 5.91 Å². The molecule has 1 amide bonds. The lowest BCUT2D eigenvalue weighted by molar-refractivity contribution is -0.139. The Bertz CT molecular complexity index is 1220. The summed E-state index contributed by atoms with van der Waals surface area (Å²) in [5.41, 5.74) is 1.73. The summed E-state index contributed by atoms with van der Waals surface area (Å²) in [4.78, 5) is 27.7. The molecule has 4 aromatic rings. The topological polar surface area (TPSA) is 102 Å². The van der Waals surface area contributed by atoms with Crippen LogP contribution in [-0.2, 0) is 4.79 Å². The van der Waals surface area contributed by atoms with Gasteiger partial charge < -0.3 is 19.6 Å². The zero-order valence-electron chi connectivity index (χ0n) is 15.5. The first-order chi connectivity index (χ1) is 14.5. The minimum Gasteiger partial charge on any atom is -0.481 e. The van der Waals surface area contributed by atoms with E-state index < -0.39 is 24.3 Å². The van der Waals surface area contributed by atoms with Gasteiger partial charge in [-0.15, -0.1) is 0 Å². The summed E-state index contributed by atoms with van der Waals surface area (Å²) in [6, 6.07) is 17.3. The lowest BCUT2D eigenvalue weighted by Crippen LogP contribution is -2.14. The number of hydrogen-bond acceptors (Lipinski definition) is 5. The summed E-state index contributed by atoms with van der Waals surface area (Å²) in [5, 5.41) is 11.5. The summed E-state index contributed by atoms with van der Waals surface area (Å²) in [6.45, 7) is -0.561. The number of carbonyl (C=O) groups excluding carboxylic acids is 1. The number of aliphatic carboxylic acids is 1. The molecule has 0 unspecified atom stereocenters. The van der Waals surface area contributed by atoms with Crippen LogP contribution in [0, 0.1) is 5.82 Å². The molecular formula is C22H15FN2O5. The Labute approximate surface area is 169 Å². The molecule has 150 valence electrons. The van der Waals surface area contributed by atoms with E-state index in [0.717, 1.165) is 0 Å². The quantitative estimate of drug-likeness (QED) is 0.494. The summed E-state index contributed by atoms with van der Waals surface area (Å²) in [5.74, 6) is -2.01. The van der Waals surface area contributed by atoms with E-state index in [9.17, 15) is 14.0 Å². The highest BCUT2D eigenvalue weighted by Crippen LogP contribution is 2.34. The minimum atomic E-state index is -1.14. The van der Waals surface area contributed by atoms with E-state index in [1.165, 1.54) is 36.4 Å². The van der Waals surface area contributed by atoms with E-state index in [0.29, 0.717) is 22.4 Å². The van der Waals surface area contributed by atoms with Gasteiger partial charge in [-0.2, -0.15) is 0 Å². The van der Waals surface area contributed by atoms with Crippen molar-refractivity contribution in [3.05, 3.63) is 78.1 Å². The molecule has 0 saturated carbocycles. The fourth-order valence-electron chi connectivity index (χ4n) is 2.87. The maximum absolute atomic E-state index is 13.9. The van der Waals surface area contributed by atoms with Gasteiger partial charge in [-0.1, -0.05) is 24.3 Å².